The van der Waals surface area contributed by atoms with Gasteiger partial charge in [-0.3, -0.25) is 4.99 Å². The number of hydrogen-bond donors (Lipinski definition) is 2. The fourth-order valence-corrected chi connectivity index (χ4v) is 4.00. The summed E-state index contributed by atoms with van der Waals surface area (Å²) >= 11 is 0. The normalized spacial score (nSPS) is 24.7. The van der Waals surface area contributed by atoms with Crippen LogP contribution in [-0.2, 0) is 0 Å². The highest BCUT2D eigenvalue weighted by molar-refractivity contribution is 14.0. The number of nitrogens with one attached hydrogen (secondary N) is 2. The standard InChI is InChI=1S/C19H27N3O.HI/c1-20-18(21-13-14-8-9-14)22-16-12-19(10-4-5-11-19)23-17-7-3-2-6-15(16)17;/h2-3,6-7,14,16H,4-5,8-13H2,1H3,(H2,20,21,22);1H. The smallest absolute Gasteiger partial charge is 0.191 e. The largest absolute Gasteiger partial charge is 0.487 e. The van der Waals surface area contributed by atoms with Crippen LogP contribution in [0.1, 0.15) is 56.6 Å². The van der Waals surface area contributed by atoms with Crippen LogP contribution >= 0.6 is 24.0 Å². The molecule has 3 aliphatic rings. The summed E-state index contributed by atoms with van der Waals surface area (Å²) in [6.45, 7) is 1.04. The summed E-state index contributed by atoms with van der Waals surface area (Å²) < 4.78 is 6.43. The van der Waals surface area contributed by atoms with E-state index in [0.29, 0.717) is 0 Å². The van der Waals surface area contributed by atoms with E-state index in [9.17, 15) is 0 Å². The van der Waals surface area contributed by atoms with Gasteiger partial charge in [-0.05, 0) is 50.5 Å². The minimum atomic E-state index is 0. The first-order valence-corrected chi connectivity index (χ1v) is 9.03. The van der Waals surface area contributed by atoms with Crippen LogP contribution in [0.4, 0.5) is 0 Å². The molecule has 1 heterocycles. The van der Waals surface area contributed by atoms with E-state index in [4.69, 9.17) is 4.74 Å². The van der Waals surface area contributed by atoms with Crippen LogP contribution in [0.3, 0.4) is 0 Å². The van der Waals surface area contributed by atoms with E-state index in [0.717, 1.165) is 30.6 Å². The summed E-state index contributed by atoms with van der Waals surface area (Å²) in [6.07, 6.45) is 8.66. The van der Waals surface area contributed by atoms with Crippen molar-refractivity contribution in [3.8, 4) is 5.75 Å². The maximum atomic E-state index is 6.43. The van der Waals surface area contributed by atoms with Crippen molar-refractivity contribution in [2.45, 2.75) is 56.6 Å². The quantitative estimate of drug-likeness (QED) is 0.423. The van der Waals surface area contributed by atoms with E-state index in [1.165, 1.54) is 44.1 Å². The first kappa shape index (κ1) is 17.8. The zero-order chi connectivity index (χ0) is 15.7. The van der Waals surface area contributed by atoms with Gasteiger partial charge < -0.3 is 15.4 Å². The van der Waals surface area contributed by atoms with Gasteiger partial charge >= 0.3 is 0 Å². The Hall–Kier alpha value is -0.980. The number of para-hydroxylation sites is 1. The monoisotopic (exact) mass is 441 g/mol. The molecule has 4 rings (SSSR count). The van der Waals surface area contributed by atoms with Crippen LogP contribution in [-0.4, -0.2) is 25.2 Å². The summed E-state index contributed by atoms with van der Waals surface area (Å²) in [5.74, 6) is 2.82. The molecule has 2 fully saturated rings. The maximum absolute atomic E-state index is 6.43. The first-order chi connectivity index (χ1) is 11.3. The van der Waals surface area contributed by atoms with Crippen molar-refractivity contribution < 1.29 is 4.74 Å². The lowest BCUT2D eigenvalue weighted by Gasteiger charge is -2.40. The van der Waals surface area contributed by atoms with Crippen LogP contribution in [0, 0.1) is 5.92 Å². The fourth-order valence-electron chi connectivity index (χ4n) is 4.00. The molecule has 5 heteroatoms. The molecular formula is C19H28IN3O. The van der Waals surface area contributed by atoms with Crippen LogP contribution < -0.4 is 15.4 Å². The van der Waals surface area contributed by atoms with Crippen LogP contribution in [0.2, 0.25) is 0 Å². The second kappa shape index (κ2) is 7.50. The molecular weight excluding hydrogens is 413 g/mol. The van der Waals surface area contributed by atoms with Crippen molar-refractivity contribution in [1.82, 2.24) is 10.6 Å². The predicted molar refractivity (Wildman–Crippen MR) is 108 cm³/mol. The summed E-state index contributed by atoms with van der Waals surface area (Å²) in [4.78, 5) is 4.42. The van der Waals surface area contributed by atoms with Crippen molar-refractivity contribution in [1.29, 1.82) is 0 Å². The van der Waals surface area contributed by atoms with Gasteiger partial charge in [0.2, 0.25) is 0 Å². The molecule has 1 aliphatic heterocycles. The topological polar surface area (TPSA) is 45.7 Å². The third-order valence-corrected chi connectivity index (χ3v) is 5.50. The van der Waals surface area contributed by atoms with E-state index >= 15 is 0 Å². The Morgan fingerprint density at radius 3 is 2.71 bits per heavy atom. The molecule has 1 aromatic carbocycles. The van der Waals surface area contributed by atoms with E-state index < -0.39 is 0 Å². The molecule has 1 aromatic rings. The number of hydrogen-bond acceptors (Lipinski definition) is 2. The van der Waals surface area contributed by atoms with Crippen molar-refractivity contribution >= 4 is 29.9 Å². The third kappa shape index (κ3) is 3.81. The second-order valence-electron chi connectivity index (χ2n) is 7.33. The number of ether oxygens (including phenoxy) is 1. The van der Waals surface area contributed by atoms with E-state index in [1.54, 1.807) is 0 Å². The van der Waals surface area contributed by atoms with Crippen molar-refractivity contribution in [2.75, 3.05) is 13.6 Å². The van der Waals surface area contributed by atoms with Gasteiger partial charge in [-0.2, -0.15) is 0 Å². The zero-order valence-electron chi connectivity index (χ0n) is 14.4. The fraction of sp³-hybridized carbons (Fsp3) is 0.632. The summed E-state index contributed by atoms with van der Waals surface area (Å²) in [5.41, 5.74) is 1.29. The summed E-state index contributed by atoms with van der Waals surface area (Å²) in [5, 5.41) is 7.14. The number of nitrogens with zero attached hydrogens (tertiary/aromatic N) is 1. The number of aliphatic imine (C=N–C) groups is 1. The van der Waals surface area contributed by atoms with E-state index in [-0.39, 0.29) is 35.6 Å². The molecule has 0 saturated heterocycles. The number of guanidine groups is 1. The average molecular weight is 441 g/mol. The van der Waals surface area contributed by atoms with E-state index in [2.05, 4.69) is 39.9 Å². The van der Waals surface area contributed by atoms with Gasteiger partial charge in [-0.25, -0.2) is 0 Å². The molecule has 0 aromatic heterocycles. The van der Waals surface area contributed by atoms with Crippen LogP contribution in [0.15, 0.2) is 29.3 Å². The summed E-state index contributed by atoms with van der Waals surface area (Å²) in [6, 6.07) is 8.75. The van der Waals surface area contributed by atoms with Crippen molar-refractivity contribution in [3.05, 3.63) is 29.8 Å². The Bertz CT molecular complexity index is 594. The van der Waals surface area contributed by atoms with Crippen molar-refractivity contribution in [3.63, 3.8) is 0 Å². The van der Waals surface area contributed by atoms with Crippen molar-refractivity contribution in [2.24, 2.45) is 10.9 Å². The van der Waals surface area contributed by atoms with Gasteiger partial charge in [0, 0.05) is 25.6 Å². The maximum Gasteiger partial charge on any atom is 0.191 e. The van der Waals surface area contributed by atoms with Gasteiger partial charge in [-0.15, -0.1) is 24.0 Å². The Morgan fingerprint density at radius 2 is 2.00 bits per heavy atom. The van der Waals surface area contributed by atoms with Gasteiger partial charge in [0.25, 0.3) is 0 Å². The van der Waals surface area contributed by atoms with Crippen LogP contribution in [0.25, 0.3) is 0 Å². The molecule has 4 nitrogen and oxygen atoms in total. The lowest BCUT2D eigenvalue weighted by molar-refractivity contribution is 0.0396. The average Bonchev–Trinajstić information content (AvgIpc) is 3.31. The summed E-state index contributed by atoms with van der Waals surface area (Å²) in [7, 11) is 1.86. The first-order valence-electron chi connectivity index (χ1n) is 9.03. The molecule has 0 amide bonds. The number of rotatable bonds is 3. The molecule has 2 N–H and O–H groups in total. The Balaban J connectivity index is 0.00000169. The molecule has 1 unspecified atom stereocenters. The van der Waals surface area contributed by atoms with Crippen LogP contribution in [0.5, 0.6) is 5.75 Å². The molecule has 24 heavy (non-hydrogen) atoms. The van der Waals surface area contributed by atoms with Gasteiger partial charge in [0.1, 0.15) is 11.4 Å². The number of fused-ring (bicyclic) bond motifs is 1. The van der Waals surface area contributed by atoms with E-state index in [1.807, 2.05) is 7.05 Å². The molecule has 1 atom stereocenters. The molecule has 2 saturated carbocycles. The minimum absolute atomic E-state index is 0. The number of benzene rings is 1. The molecule has 0 bridgehead atoms. The molecule has 2 aliphatic carbocycles. The predicted octanol–water partition coefficient (Wildman–Crippen LogP) is 4.02. The Kier molecular flexibility index (Phi) is 5.57. The Morgan fingerprint density at radius 1 is 1.25 bits per heavy atom. The lowest BCUT2D eigenvalue weighted by Crippen LogP contribution is -2.47. The zero-order valence-corrected chi connectivity index (χ0v) is 16.7. The highest BCUT2D eigenvalue weighted by Crippen LogP contribution is 2.46. The van der Waals surface area contributed by atoms with Gasteiger partial charge in [0.15, 0.2) is 5.96 Å². The second-order valence-corrected chi connectivity index (χ2v) is 7.33. The highest BCUT2D eigenvalue weighted by Gasteiger charge is 2.43. The van der Waals surface area contributed by atoms with Gasteiger partial charge in [0.05, 0.1) is 6.04 Å². The lowest BCUT2D eigenvalue weighted by atomic mass is 9.86. The molecule has 132 valence electrons. The Labute approximate surface area is 161 Å². The number of halogens is 1. The third-order valence-electron chi connectivity index (χ3n) is 5.50. The molecule has 0 radical (unpaired) electrons. The molecule has 1 spiro atoms. The SMILES string of the molecule is CN=C(NCC1CC1)NC1CC2(CCCC2)Oc2ccccc21.I. The minimum Gasteiger partial charge on any atom is -0.487 e. The van der Waals surface area contributed by atoms with Gasteiger partial charge in [-0.1, -0.05) is 18.2 Å². The highest BCUT2D eigenvalue weighted by atomic mass is 127.